The largest absolute Gasteiger partial charge is 0.394 e. The molecule has 2 aliphatic rings. The first-order valence-electron chi connectivity index (χ1n) is 11.0. The number of aliphatic hydroxyl groups excluding tert-OH is 8. The Hall–Kier alpha value is -0.240. The molecule has 8 N–H and O–H groups in total. The van der Waals surface area contributed by atoms with Crippen LogP contribution in [-0.4, -0.2) is 169 Å². The molecule has 13 nitrogen and oxygen atoms in total. The van der Waals surface area contributed by atoms with E-state index in [1.54, 1.807) is 4.90 Å². The Kier molecular flexibility index (Phi) is 12.8. The second-order valence-electron chi connectivity index (χ2n) is 8.29. The second kappa shape index (κ2) is 14.5. The predicted octanol–water partition coefficient (Wildman–Crippen LogP) is -4.90. The van der Waals surface area contributed by atoms with E-state index >= 15 is 0 Å². The molecule has 2 aliphatic heterocycles. The fourth-order valence-corrected chi connectivity index (χ4v) is 4.09. The van der Waals surface area contributed by atoms with Crippen LogP contribution in [-0.2, 0) is 14.2 Å². The van der Waals surface area contributed by atoms with E-state index in [0.29, 0.717) is 26.3 Å². The van der Waals surface area contributed by atoms with Gasteiger partial charge in [0.2, 0.25) is 0 Å². The number of thiocarbonyl (C=S) groups is 1. The van der Waals surface area contributed by atoms with Crippen LogP contribution in [0.15, 0.2) is 0 Å². The van der Waals surface area contributed by atoms with Gasteiger partial charge in [-0.1, -0.05) is 12.2 Å². The number of aliphatic hydroxyl groups is 8. The molecule has 2 rings (SSSR count). The van der Waals surface area contributed by atoms with Gasteiger partial charge in [0.1, 0.15) is 53.2 Å². The molecule has 0 saturated carbocycles. The van der Waals surface area contributed by atoms with Crippen molar-refractivity contribution in [3.05, 3.63) is 0 Å². The Balaban J connectivity index is 2.04. The van der Waals surface area contributed by atoms with Gasteiger partial charge in [0.05, 0.1) is 26.4 Å². The molecule has 2 fully saturated rings. The van der Waals surface area contributed by atoms with Crippen molar-refractivity contribution in [2.45, 2.75) is 55.1 Å². The molecule has 200 valence electrons. The monoisotopic (exact) mass is 532 g/mol. The van der Waals surface area contributed by atoms with E-state index in [9.17, 15) is 40.9 Å². The Morgan fingerprint density at radius 3 is 2.26 bits per heavy atom. The van der Waals surface area contributed by atoms with E-state index in [0.717, 1.165) is 13.1 Å². The molecule has 0 amide bonds. The fourth-order valence-electron chi connectivity index (χ4n) is 3.74. The molecule has 0 unspecified atom stereocenters. The summed E-state index contributed by atoms with van der Waals surface area (Å²) in [5.74, 6) is 0. The molecule has 0 aromatic carbocycles. The van der Waals surface area contributed by atoms with Gasteiger partial charge in [0.25, 0.3) is 0 Å². The van der Waals surface area contributed by atoms with Crippen LogP contribution < -0.4 is 0 Å². The van der Waals surface area contributed by atoms with Crippen molar-refractivity contribution in [3.8, 4) is 0 Å². The van der Waals surface area contributed by atoms with Gasteiger partial charge in [-0.2, -0.15) is 0 Å². The number of ether oxygens (including phenoxy) is 3. The summed E-state index contributed by atoms with van der Waals surface area (Å²) in [4.78, 5) is 3.70. The Bertz CT molecular complexity index is 617. The number of nitrogens with zero attached hydrogens (tertiary/aromatic N) is 2. The molecule has 2 heterocycles. The summed E-state index contributed by atoms with van der Waals surface area (Å²) < 4.78 is 16.1. The molecule has 15 heteroatoms. The van der Waals surface area contributed by atoms with E-state index in [4.69, 9.17) is 26.4 Å². The minimum absolute atomic E-state index is 0.175. The lowest BCUT2D eigenvalue weighted by Crippen LogP contribution is -2.62. The predicted molar refractivity (Wildman–Crippen MR) is 124 cm³/mol. The van der Waals surface area contributed by atoms with Gasteiger partial charge in [0, 0.05) is 32.7 Å². The van der Waals surface area contributed by atoms with Crippen molar-refractivity contribution in [1.82, 2.24) is 9.80 Å². The average Bonchev–Trinajstić information content (AvgIpc) is 2.84. The van der Waals surface area contributed by atoms with E-state index in [1.165, 1.54) is 0 Å². The minimum atomic E-state index is -1.80. The summed E-state index contributed by atoms with van der Waals surface area (Å²) in [7, 11) is 0. The van der Waals surface area contributed by atoms with Gasteiger partial charge in [-0.3, -0.25) is 4.90 Å². The molecule has 9 atom stereocenters. The molecule has 0 aromatic rings. The van der Waals surface area contributed by atoms with Crippen molar-refractivity contribution >= 4 is 29.2 Å². The molecular formula is C19H36N2O11S2. The number of hydrogen-bond acceptors (Lipinski definition) is 13. The van der Waals surface area contributed by atoms with Crippen LogP contribution in [0.5, 0.6) is 0 Å². The van der Waals surface area contributed by atoms with Crippen LogP contribution in [0.25, 0.3) is 0 Å². The fraction of sp³-hybridized carbons (Fsp3) is 0.947. The Morgan fingerprint density at radius 2 is 1.71 bits per heavy atom. The lowest BCUT2D eigenvalue weighted by atomic mass is 9.98. The maximum absolute atomic E-state index is 10.7. The van der Waals surface area contributed by atoms with Crippen LogP contribution in [0, 0.1) is 0 Å². The first-order chi connectivity index (χ1) is 16.1. The lowest BCUT2D eigenvalue weighted by molar-refractivity contribution is -0.327. The molecule has 0 aliphatic carbocycles. The van der Waals surface area contributed by atoms with Crippen LogP contribution >= 0.6 is 24.8 Å². The molecule has 2 saturated heterocycles. The van der Waals surface area contributed by atoms with Crippen LogP contribution in [0.1, 0.15) is 0 Å². The summed E-state index contributed by atoms with van der Waals surface area (Å²) in [6.07, 6.45) is -14.9. The second-order valence-corrected chi connectivity index (χ2v) is 9.40. The van der Waals surface area contributed by atoms with E-state index < -0.39 is 68.3 Å². The standard InChI is InChI=1S/C19H36N2O11S2/c22-8-11(25)17(32-18-16(29)15(28)14(27)12(9-23)31-18)13(26)10(24)7-21(19(33)34)2-1-20-3-5-30-6-4-20/h10-18,22-29H,1-9H2,(H,33,34)/t10-,11+,12+,13+,14-,15-,16+,17+,18-/m0/s1. The van der Waals surface area contributed by atoms with E-state index in [-0.39, 0.29) is 10.9 Å². The average molecular weight is 533 g/mol. The van der Waals surface area contributed by atoms with Gasteiger partial charge < -0.3 is 60.0 Å². The van der Waals surface area contributed by atoms with E-state index in [1.807, 2.05) is 0 Å². The number of hydrogen-bond donors (Lipinski definition) is 9. The molecule has 0 spiro atoms. The number of morpholine rings is 1. The van der Waals surface area contributed by atoms with Gasteiger partial charge >= 0.3 is 0 Å². The summed E-state index contributed by atoms with van der Waals surface area (Å²) in [5.41, 5.74) is 0. The maximum atomic E-state index is 10.7. The third-order valence-corrected chi connectivity index (χ3v) is 6.45. The molecule has 0 bridgehead atoms. The van der Waals surface area contributed by atoms with Gasteiger partial charge in [-0.25, -0.2) is 0 Å². The molecule has 34 heavy (non-hydrogen) atoms. The highest BCUT2D eigenvalue weighted by Gasteiger charge is 2.46. The molecule has 0 radical (unpaired) electrons. The molecular weight excluding hydrogens is 496 g/mol. The first-order valence-corrected chi connectivity index (χ1v) is 11.8. The van der Waals surface area contributed by atoms with Crippen molar-refractivity contribution < 1.29 is 55.1 Å². The normalized spacial score (nSPS) is 32.1. The van der Waals surface area contributed by atoms with Crippen molar-refractivity contribution in [2.75, 3.05) is 59.2 Å². The Labute approximate surface area is 208 Å². The quantitative estimate of drug-likeness (QED) is 0.0856. The van der Waals surface area contributed by atoms with Crippen molar-refractivity contribution in [2.24, 2.45) is 0 Å². The van der Waals surface area contributed by atoms with Crippen LogP contribution in [0.4, 0.5) is 0 Å². The zero-order valence-electron chi connectivity index (χ0n) is 18.6. The topological polar surface area (TPSA) is 196 Å². The van der Waals surface area contributed by atoms with Gasteiger partial charge in [0.15, 0.2) is 6.29 Å². The summed E-state index contributed by atoms with van der Waals surface area (Å²) >= 11 is 9.30. The van der Waals surface area contributed by atoms with Crippen molar-refractivity contribution in [3.63, 3.8) is 0 Å². The van der Waals surface area contributed by atoms with Gasteiger partial charge in [-0.15, -0.1) is 12.6 Å². The van der Waals surface area contributed by atoms with Crippen molar-refractivity contribution in [1.29, 1.82) is 0 Å². The van der Waals surface area contributed by atoms with E-state index in [2.05, 4.69) is 17.5 Å². The lowest BCUT2D eigenvalue weighted by Gasteiger charge is -2.42. The third-order valence-electron chi connectivity index (χ3n) is 5.90. The smallest absolute Gasteiger partial charge is 0.187 e. The SMILES string of the molecule is OC[C@@H](O)[C@@H](O[C@@H]1O[C@H](CO)[C@H](O)[C@H](O)[C@H]1O)[C@H](O)[C@@H](O)CN(CCN1CCOCC1)C(=S)S. The number of thiol groups is 1. The van der Waals surface area contributed by atoms with Gasteiger partial charge in [-0.05, 0) is 0 Å². The molecule has 0 aromatic heterocycles. The summed E-state index contributed by atoms with van der Waals surface area (Å²) in [5, 5.41) is 80.3. The van der Waals surface area contributed by atoms with Crippen LogP contribution in [0.3, 0.4) is 0 Å². The third kappa shape index (κ3) is 8.14. The zero-order valence-corrected chi connectivity index (χ0v) is 20.3. The highest BCUT2D eigenvalue weighted by atomic mass is 32.1. The summed E-state index contributed by atoms with van der Waals surface area (Å²) in [6.45, 7) is 1.97. The zero-order chi connectivity index (χ0) is 25.4. The maximum Gasteiger partial charge on any atom is 0.187 e. The van der Waals surface area contributed by atoms with Crippen LogP contribution in [0.2, 0.25) is 0 Å². The summed E-state index contributed by atoms with van der Waals surface area (Å²) in [6, 6.07) is 0. The highest BCUT2D eigenvalue weighted by Crippen LogP contribution is 2.25. The Morgan fingerprint density at radius 1 is 1.06 bits per heavy atom. The highest BCUT2D eigenvalue weighted by molar-refractivity contribution is 8.10. The minimum Gasteiger partial charge on any atom is -0.394 e. The number of rotatable bonds is 12. The first kappa shape index (κ1) is 30.0.